The van der Waals surface area contributed by atoms with Crippen LogP contribution in [0.15, 0.2) is 48.5 Å². The number of benzene rings is 2. The van der Waals surface area contributed by atoms with E-state index in [1.807, 2.05) is 0 Å². The summed E-state index contributed by atoms with van der Waals surface area (Å²) in [5.74, 6) is -0.506. The molecule has 2 aromatic carbocycles. The van der Waals surface area contributed by atoms with E-state index in [-0.39, 0.29) is 12.4 Å². The standard InChI is InChI=1S/C20H20O6/c1-13(21)16-8-10-18(11-9-16)26-14(2)19(22)25-12-15-4-6-17(7-5-15)20(23)24-3/h4-11,14H,12H2,1-3H3/t14-/m0/s1. The van der Waals surface area contributed by atoms with Gasteiger partial charge in [-0.3, -0.25) is 4.79 Å². The first-order chi connectivity index (χ1) is 12.4. The van der Waals surface area contributed by atoms with E-state index in [4.69, 9.17) is 9.47 Å². The summed E-state index contributed by atoms with van der Waals surface area (Å²) in [6.07, 6.45) is -0.799. The number of esters is 2. The van der Waals surface area contributed by atoms with Gasteiger partial charge in [-0.2, -0.15) is 0 Å². The molecule has 0 unspecified atom stereocenters. The third-order valence-electron chi connectivity index (χ3n) is 3.66. The maximum atomic E-state index is 12.0. The average molecular weight is 356 g/mol. The molecule has 0 saturated carbocycles. The summed E-state index contributed by atoms with van der Waals surface area (Å²) in [7, 11) is 1.31. The maximum absolute atomic E-state index is 12.0. The molecular weight excluding hydrogens is 336 g/mol. The predicted octanol–water partition coefficient (Wildman–Crippen LogP) is 3.19. The Hall–Kier alpha value is -3.15. The SMILES string of the molecule is COC(=O)c1ccc(COC(=O)[C@H](C)Oc2ccc(C(C)=O)cc2)cc1. The summed E-state index contributed by atoms with van der Waals surface area (Å²) < 4.78 is 15.4. The molecule has 0 aliphatic carbocycles. The lowest BCUT2D eigenvalue weighted by atomic mass is 10.1. The highest BCUT2D eigenvalue weighted by molar-refractivity contribution is 5.94. The van der Waals surface area contributed by atoms with Crippen molar-refractivity contribution in [3.63, 3.8) is 0 Å². The Morgan fingerprint density at radius 1 is 0.923 bits per heavy atom. The zero-order valence-electron chi connectivity index (χ0n) is 14.9. The molecule has 0 aliphatic heterocycles. The minimum Gasteiger partial charge on any atom is -0.479 e. The number of Topliss-reactive ketones (excluding diaryl/α,β-unsaturated/α-hetero) is 1. The summed E-state index contributed by atoms with van der Waals surface area (Å²) in [5.41, 5.74) is 1.74. The molecular formula is C20H20O6. The van der Waals surface area contributed by atoms with Crippen molar-refractivity contribution in [1.82, 2.24) is 0 Å². The van der Waals surface area contributed by atoms with Crippen molar-refractivity contribution >= 4 is 17.7 Å². The third kappa shape index (κ3) is 5.17. The van der Waals surface area contributed by atoms with Crippen LogP contribution in [0, 0.1) is 0 Å². The summed E-state index contributed by atoms with van der Waals surface area (Å²) in [4.78, 5) is 34.7. The molecule has 0 aromatic heterocycles. The highest BCUT2D eigenvalue weighted by atomic mass is 16.6. The lowest BCUT2D eigenvalue weighted by Crippen LogP contribution is -2.26. The molecule has 0 amide bonds. The van der Waals surface area contributed by atoms with Gasteiger partial charge in [0.25, 0.3) is 0 Å². The van der Waals surface area contributed by atoms with Gasteiger partial charge in [0.15, 0.2) is 11.9 Å². The van der Waals surface area contributed by atoms with Gasteiger partial charge in [0, 0.05) is 5.56 Å². The predicted molar refractivity (Wildman–Crippen MR) is 94.1 cm³/mol. The first-order valence-corrected chi connectivity index (χ1v) is 8.02. The first kappa shape index (κ1) is 19.2. The van der Waals surface area contributed by atoms with E-state index in [1.54, 1.807) is 55.5 Å². The molecule has 0 radical (unpaired) electrons. The van der Waals surface area contributed by atoms with Gasteiger partial charge in [0.2, 0.25) is 0 Å². The Balaban J connectivity index is 1.86. The van der Waals surface area contributed by atoms with E-state index in [1.165, 1.54) is 14.0 Å². The van der Waals surface area contributed by atoms with Crippen LogP contribution in [0.5, 0.6) is 5.75 Å². The van der Waals surface area contributed by atoms with Crippen LogP contribution in [0.3, 0.4) is 0 Å². The number of rotatable bonds is 7. The Bertz CT molecular complexity index is 777. The van der Waals surface area contributed by atoms with Gasteiger partial charge in [-0.15, -0.1) is 0 Å². The van der Waals surface area contributed by atoms with E-state index in [2.05, 4.69) is 4.74 Å². The van der Waals surface area contributed by atoms with Crippen LogP contribution in [-0.4, -0.2) is 30.9 Å². The highest BCUT2D eigenvalue weighted by Crippen LogP contribution is 2.15. The number of hydrogen-bond donors (Lipinski definition) is 0. The first-order valence-electron chi connectivity index (χ1n) is 8.02. The third-order valence-corrected chi connectivity index (χ3v) is 3.66. The minimum absolute atomic E-state index is 0.0396. The van der Waals surface area contributed by atoms with Gasteiger partial charge in [0.1, 0.15) is 12.4 Å². The van der Waals surface area contributed by atoms with Crippen LogP contribution in [0.1, 0.15) is 40.1 Å². The summed E-state index contributed by atoms with van der Waals surface area (Å²) in [6, 6.07) is 13.1. The number of methoxy groups -OCH3 is 1. The molecule has 2 rings (SSSR count). The monoisotopic (exact) mass is 356 g/mol. The van der Waals surface area contributed by atoms with E-state index < -0.39 is 18.0 Å². The minimum atomic E-state index is -0.799. The van der Waals surface area contributed by atoms with Crippen molar-refractivity contribution in [2.24, 2.45) is 0 Å². The second kappa shape index (κ2) is 8.80. The van der Waals surface area contributed by atoms with E-state index >= 15 is 0 Å². The molecule has 0 heterocycles. The number of carbonyl (C=O) groups excluding carboxylic acids is 3. The van der Waals surface area contributed by atoms with Crippen molar-refractivity contribution in [3.8, 4) is 5.75 Å². The molecule has 0 fully saturated rings. The summed E-state index contributed by atoms with van der Waals surface area (Å²) >= 11 is 0. The van der Waals surface area contributed by atoms with Crippen molar-refractivity contribution in [2.75, 3.05) is 7.11 Å². The van der Waals surface area contributed by atoms with Crippen LogP contribution < -0.4 is 4.74 Å². The molecule has 6 nitrogen and oxygen atoms in total. The molecule has 0 bridgehead atoms. The van der Waals surface area contributed by atoms with Crippen molar-refractivity contribution in [1.29, 1.82) is 0 Å². The fraction of sp³-hybridized carbons (Fsp3) is 0.250. The quantitative estimate of drug-likeness (QED) is 0.560. The molecule has 0 saturated heterocycles. The average Bonchev–Trinajstić information content (AvgIpc) is 2.66. The second-order valence-electron chi connectivity index (χ2n) is 5.64. The van der Waals surface area contributed by atoms with Crippen molar-refractivity contribution in [3.05, 3.63) is 65.2 Å². The van der Waals surface area contributed by atoms with Crippen LogP contribution in [0.25, 0.3) is 0 Å². The second-order valence-corrected chi connectivity index (χ2v) is 5.64. The van der Waals surface area contributed by atoms with Gasteiger partial charge in [-0.05, 0) is 55.8 Å². The van der Waals surface area contributed by atoms with Gasteiger partial charge < -0.3 is 14.2 Å². The number of ether oxygens (including phenoxy) is 3. The van der Waals surface area contributed by atoms with Crippen molar-refractivity contribution in [2.45, 2.75) is 26.6 Å². The van der Waals surface area contributed by atoms with Gasteiger partial charge in [0.05, 0.1) is 12.7 Å². The lowest BCUT2D eigenvalue weighted by molar-refractivity contribution is -0.152. The van der Waals surface area contributed by atoms with E-state index in [9.17, 15) is 14.4 Å². The van der Waals surface area contributed by atoms with E-state index in [0.717, 1.165) is 5.56 Å². The summed E-state index contributed by atoms with van der Waals surface area (Å²) in [5, 5.41) is 0. The Kier molecular flexibility index (Phi) is 6.49. The highest BCUT2D eigenvalue weighted by Gasteiger charge is 2.17. The number of ketones is 1. The fourth-order valence-corrected chi connectivity index (χ4v) is 2.15. The van der Waals surface area contributed by atoms with Crippen molar-refractivity contribution < 1.29 is 28.6 Å². The van der Waals surface area contributed by atoms with E-state index in [0.29, 0.717) is 16.9 Å². The normalized spacial score (nSPS) is 11.3. The molecule has 0 N–H and O–H groups in total. The molecule has 1 atom stereocenters. The zero-order valence-corrected chi connectivity index (χ0v) is 14.9. The molecule has 0 aliphatic rings. The largest absolute Gasteiger partial charge is 0.479 e. The molecule has 26 heavy (non-hydrogen) atoms. The summed E-state index contributed by atoms with van der Waals surface area (Å²) in [6.45, 7) is 3.13. The van der Waals surface area contributed by atoms with Crippen LogP contribution in [0.2, 0.25) is 0 Å². The topological polar surface area (TPSA) is 78.9 Å². The number of hydrogen-bond acceptors (Lipinski definition) is 6. The Labute approximate surface area is 151 Å². The molecule has 0 spiro atoms. The van der Waals surface area contributed by atoms with Crippen LogP contribution in [0.4, 0.5) is 0 Å². The fourth-order valence-electron chi connectivity index (χ4n) is 2.15. The number of carbonyl (C=O) groups is 3. The molecule has 6 heteroatoms. The smallest absolute Gasteiger partial charge is 0.347 e. The lowest BCUT2D eigenvalue weighted by Gasteiger charge is -2.14. The van der Waals surface area contributed by atoms with Crippen LogP contribution in [-0.2, 0) is 20.9 Å². The maximum Gasteiger partial charge on any atom is 0.347 e. The van der Waals surface area contributed by atoms with Gasteiger partial charge >= 0.3 is 11.9 Å². The Morgan fingerprint density at radius 2 is 1.50 bits per heavy atom. The zero-order chi connectivity index (χ0) is 19.1. The molecule has 2 aromatic rings. The van der Waals surface area contributed by atoms with Gasteiger partial charge in [-0.1, -0.05) is 12.1 Å². The molecule has 136 valence electrons. The van der Waals surface area contributed by atoms with Crippen LogP contribution >= 0.6 is 0 Å². The Morgan fingerprint density at radius 3 is 2.04 bits per heavy atom. The van der Waals surface area contributed by atoms with Gasteiger partial charge in [-0.25, -0.2) is 9.59 Å².